The molecule has 2 amide bonds. The summed E-state index contributed by atoms with van der Waals surface area (Å²) in [5.41, 5.74) is 1.07. The van der Waals surface area contributed by atoms with E-state index in [2.05, 4.69) is 60.8 Å². The van der Waals surface area contributed by atoms with Crippen molar-refractivity contribution in [2.24, 2.45) is 0 Å². The molecule has 1 N–H and O–H groups in total. The van der Waals surface area contributed by atoms with Crippen LogP contribution < -0.4 is 10.1 Å². The van der Waals surface area contributed by atoms with Crippen LogP contribution in [0.3, 0.4) is 0 Å². The minimum absolute atomic E-state index is 0.0461. The van der Waals surface area contributed by atoms with Gasteiger partial charge in [-0.2, -0.15) is 0 Å². The molecule has 0 aliphatic carbocycles. The van der Waals surface area contributed by atoms with Crippen molar-refractivity contribution in [2.75, 3.05) is 19.7 Å². The van der Waals surface area contributed by atoms with Crippen molar-refractivity contribution >= 4 is 29.2 Å². The van der Waals surface area contributed by atoms with Crippen molar-refractivity contribution in [2.45, 2.75) is 57.9 Å². The zero-order chi connectivity index (χ0) is 31.4. The third kappa shape index (κ3) is 13.0. The Balaban J connectivity index is 1.27. The molecule has 44 heavy (non-hydrogen) atoms. The van der Waals surface area contributed by atoms with Gasteiger partial charge >= 0.3 is 0 Å². The molecule has 1 heterocycles. The van der Waals surface area contributed by atoms with E-state index in [0.29, 0.717) is 47.8 Å². The fourth-order valence-electron chi connectivity index (χ4n) is 4.54. The predicted octanol–water partition coefficient (Wildman–Crippen LogP) is 7.81. The summed E-state index contributed by atoms with van der Waals surface area (Å²) >= 11 is 5.90. The molecule has 0 unspecified atom stereocenters. The summed E-state index contributed by atoms with van der Waals surface area (Å²) in [6, 6.07) is 13.4. The Hall–Kier alpha value is -4.16. The Morgan fingerprint density at radius 1 is 0.795 bits per heavy atom. The van der Waals surface area contributed by atoms with Crippen LogP contribution >= 0.6 is 11.6 Å². The number of carbonyl (C=O) groups excluding carboxylic acids is 3. The second-order valence-electron chi connectivity index (χ2n) is 10.5. The normalized spacial score (nSPS) is 15.4. The first-order valence-electron chi connectivity index (χ1n) is 15.3. The topological polar surface area (TPSA) is 75.7 Å². The quantitative estimate of drug-likeness (QED) is 0.146. The third-order valence-electron chi connectivity index (χ3n) is 6.95. The number of nitrogens with one attached hydrogen (secondary N) is 1. The van der Waals surface area contributed by atoms with E-state index in [0.717, 1.165) is 32.1 Å². The maximum Gasteiger partial charge on any atom is 0.260 e. The van der Waals surface area contributed by atoms with Gasteiger partial charge in [0.2, 0.25) is 5.91 Å². The van der Waals surface area contributed by atoms with Crippen molar-refractivity contribution in [1.82, 2.24) is 10.2 Å². The summed E-state index contributed by atoms with van der Waals surface area (Å²) in [4.78, 5) is 39.3. The van der Waals surface area contributed by atoms with Gasteiger partial charge in [-0.15, -0.1) is 0 Å². The molecular weight excluding hydrogens is 572 g/mol. The molecular formula is C37H43ClN2O4. The SMILES string of the molecule is CC/C=C\C/C=C\C/C=C\C/C=C\C/C=C\CC(=O)N[C@H]1CCN(C(=O)COc2ccc(C(=O)c3ccc(Cl)cc3)cc2)C1. The Bertz CT molecular complexity index is 1340. The number of ketones is 1. The van der Waals surface area contributed by atoms with E-state index in [9.17, 15) is 14.4 Å². The molecule has 0 spiro atoms. The van der Waals surface area contributed by atoms with Gasteiger partial charge in [-0.3, -0.25) is 14.4 Å². The number of ether oxygens (including phenoxy) is 1. The Kier molecular flexibility index (Phi) is 15.5. The molecule has 1 aliphatic rings. The first-order chi connectivity index (χ1) is 21.5. The summed E-state index contributed by atoms with van der Waals surface area (Å²) in [5.74, 6) is 0.207. The van der Waals surface area contributed by atoms with Gasteiger partial charge in [0, 0.05) is 41.7 Å². The largest absolute Gasteiger partial charge is 0.484 e. The number of likely N-dealkylation sites (tertiary alicyclic amines) is 1. The number of benzene rings is 2. The van der Waals surface area contributed by atoms with Crippen LogP contribution in [0.25, 0.3) is 0 Å². The van der Waals surface area contributed by atoms with E-state index in [1.807, 2.05) is 12.2 Å². The summed E-state index contributed by atoms with van der Waals surface area (Å²) in [7, 11) is 0. The Labute approximate surface area is 266 Å². The van der Waals surface area contributed by atoms with Crippen LogP contribution in [-0.4, -0.2) is 48.2 Å². The molecule has 1 saturated heterocycles. The van der Waals surface area contributed by atoms with Crippen LogP contribution in [0.1, 0.15) is 67.8 Å². The summed E-state index contributed by atoms with van der Waals surface area (Å²) in [5, 5.41) is 3.59. The van der Waals surface area contributed by atoms with Crippen LogP contribution in [0, 0.1) is 0 Å². The minimum atomic E-state index is -0.138. The average molecular weight is 615 g/mol. The number of halogens is 1. The van der Waals surface area contributed by atoms with Gasteiger partial charge < -0.3 is 15.0 Å². The maximum atomic E-state index is 12.7. The molecule has 1 atom stereocenters. The van der Waals surface area contributed by atoms with Gasteiger partial charge in [-0.05, 0) is 87.1 Å². The van der Waals surface area contributed by atoms with E-state index in [1.54, 1.807) is 53.4 Å². The molecule has 2 aromatic rings. The number of nitrogens with zero attached hydrogens (tertiary/aromatic N) is 1. The fraction of sp³-hybridized carbons (Fsp3) is 0.324. The highest BCUT2D eigenvalue weighted by Crippen LogP contribution is 2.18. The lowest BCUT2D eigenvalue weighted by Gasteiger charge is -2.17. The van der Waals surface area contributed by atoms with Gasteiger partial charge in [0.15, 0.2) is 12.4 Å². The van der Waals surface area contributed by atoms with Crippen LogP contribution in [0.2, 0.25) is 5.02 Å². The Morgan fingerprint density at radius 2 is 1.32 bits per heavy atom. The molecule has 232 valence electrons. The molecule has 0 aromatic heterocycles. The number of carbonyl (C=O) groups is 3. The molecule has 2 aromatic carbocycles. The van der Waals surface area contributed by atoms with Gasteiger partial charge in [-0.25, -0.2) is 0 Å². The summed E-state index contributed by atoms with van der Waals surface area (Å²) in [6.07, 6.45) is 26.9. The standard InChI is InChI=1S/C37H43ClN2O4/c1-2-3-4-5-6-7-8-9-10-11-12-13-14-15-16-17-35(41)39-33-26-27-40(28-33)36(42)29-44-34-24-20-31(21-25-34)37(43)30-18-22-32(38)23-19-30/h3-4,6-7,9-10,12-13,15-16,18-25,33H,2,5,8,11,14,17,26-29H2,1H3,(H,39,41)/b4-3-,7-6-,10-9-,13-12-,16-15-/t33-/m0/s1. The van der Waals surface area contributed by atoms with Crippen LogP contribution in [0.15, 0.2) is 109 Å². The second-order valence-corrected chi connectivity index (χ2v) is 10.9. The lowest BCUT2D eigenvalue weighted by Crippen LogP contribution is -2.39. The van der Waals surface area contributed by atoms with Crippen molar-refractivity contribution < 1.29 is 19.1 Å². The second kappa shape index (κ2) is 19.9. The van der Waals surface area contributed by atoms with E-state index in [4.69, 9.17) is 16.3 Å². The molecule has 0 radical (unpaired) electrons. The molecule has 0 saturated carbocycles. The molecule has 6 nitrogen and oxygen atoms in total. The van der Waals surface area contributed by atoms with Crippen LogP contribution in [-0.2, 0) is 9.59 Å². The lowest BCUT2D eigenvalue weighted by atomic mass is 10.0. The number of amides is 2. The first-order valence-corrected chi connectivity index (χ1v) is 15.7. The number of hydrogen-bond acceptors (Lipinski definition) is 4. The van der Waals surface area contributed by atoms with E-state index < -0.39 is 0 Å². The molecule has 7 heteroatoms. The molecule has 1 aliphatic heterocycles. The van der Waals surface area contributed by atoms with E-state index in [1.165, 1.54) is 0 Å². The number of hydrogen-bond donors (Lipinski definition) is 1. The maximum absolute atomic E-state index is 12.7. The zero-order valence-corrected chi connectivity index (χ0v) is 26.3. The molecule has 1 fully saturated rings. The fourth-order valence-corrected chi connectivity index (χ4v) is 4.67. The minimum Gasteiger partial charge on any atom is -0.484 e. The summed E-state index contributed by atoms with van der Waals surface area (Å²) < 4.78 is 5.66. The van der Waals surface area contributed by atoms with Crippen LogP contribution in [0.4, 0.5) is 0 Å². The van der Waals surface area contributed by atoms with Gasteiger partial charge in [0.1, 0.15) is 5.75 Å². The van der Waals surface area contributed by atoms with Crippen LogP contribution in [0.5, 0.6) is 5.75 Å². The van der Waals surface area contributed by atoms with E-state index in [-0.39, 0.29) is 30.2 Å². The molecule has 0 bridgehead atoms. The Morgan fingerprint density at radius 3 is 1.89 bits per heavy atom. The van der Waals surface area contributed by atoms with Gasteiger partial charge in [0.05, 0.1) is 0 Å². The molecule has 3 rings (SSSR count). The third-order valence-corrected chi connectivity index (χ3v) is 7.20. The number of rotatable bonds is 17. The monoisotopic (exact) mass is 614 g/mol. The zero-order valence-electron chi connectivity index (χ0n) is 25.5. The van der Waals surface area contributed by atoms with Gasteiger partial charge in [0.25, 0.3) is 5.91 Å². The smallest absolute Gasteiger partial charge is 0.260 e. The van der Waals surface area contributed by atoms with Crippen molar-refractivity contribution in [3.05, 3.63) is 125 Å². The first kappa shape index (κ1) is 34.3. The average Bonchev–Trinajstić information content (AvgIpc) is 3.50. The van der Waals surface area contributed by atoms with Crippen molar-refractivity contribution in [1.29, 1.82) is 0 Å². The predicted molar refractivity (Wildman–Crippen MR) is 179 cm³/mol. The van der Waals surface area contributed by atoms with E-state index >= 15 is 0 Å². The van der Waals surface area contributed by atoms with Crippen molar-refractivity contribution in [3.63, 3.8) is 0 Å². The van der Waals surface area contributed by atoms with Crippen molar-refractivity contribution in [3.8, 4) is 5.75 Å². The lowest BCUT2D eigenvalue weighted by molar-refractivity contribution is -0.132. The van der Waals surface area contributed by atoms with Gasteiger partial charge in [-0.1, -0.05) is 79.3 Å². The highest BCUT2D eigenvalue weighted by molar-refractivity contribution is 6.30. The summed E-state index contributed by atoms with van der Waals surface area (Å²) in [6.45, 7) is 3.07. The highest BCUT2D eigenvalue weighted by Gasteiger charge is 2.27. The number of allylic oxidation sites excluding steroid dienone is 9. The highest BCUT2D eigenvalue weighted by atomic mass is 35.5.